The zero-order valence-corrected chi connectivity index (χ0v) is 18.5. The van der Waals surface area contributed by atoms with Crippen LogP contribution in [0.4, 0.5) is 10.8 Å². The highest BCUT2D eigenvalue weighted by Gasteiger charge is 2.44. The second kappa shape index (κ2) is 7.51. The number of aromatic nitrogens is 1. The van der Waals surface area contributed by atoms with Crippen LogP contribution in [0.3, 0.4) is 0 Å². The van der Waals surface area contributed by atoms with Crippen molar-refractivity contribution in [3.63, 3.8) is 0 Å². The molecule has 6 nitrogen and oxygen atoms in total. The Bertz CT molecular complexity index is 1180. The first-order valence-electron chi connectivity index (χ1n) is 9.14. The number of thiazole rings is 1. The number of anilines is 2. The van der Waals surface area contributed by atoms with Gasteiger partial charge in [-0.3, -0.25) is 0 Å². The van der Waals surface area contributed by atoms with Gasteiger partial charge in [0.05, 0.1) is 4.90 Å². The maximum atomic E-state index is 13.2. The summed E-state index contributed by atoms with van der Waals surface area (Å²) in [7, 11) is -3.48. The Balaban J connectivity index is 1.42. The number of thioether (sulfide) groups is 1. The summed E-state index contributed by atoms with van der Waals surface area (Å²) in [5, 5.41) is 11.5. The third-order valence-corrected chi connectivity index (χ3v) is 9.41. The summed E-state index contributed by atoms with van der Waals surface area (Å²) in [6.07, 6.45) is 2.68. The van der Waals surface area contributed by atoms with Gasteiger partial charge in [-0.2, -0.15) is 16.1 Å². The van der Waals surface area contributed by atoms with E-state index >= 15 is 0 Å². The van der Waals surface area contributed by atoms with Crippen molar-refractivity contribution in [1.82, 2.24) is 9.29 Å². The van der Waals surface area contributed by atoms with Crippen molar-refractivity contribution in [2.45, 2.75) is 22.6 Å². The van der Waals surface area contributed by atoms with E-state index in [-0.39, 0.29) is 6.04 Å². The molecule has 5 rings (SSSR count). The van der Waals surface area contributed by atoms with Gasteiger partial charge in [-0.1, -0.05) is 18.2 Å². The average Bonchev–Trinajstić information content (AvgIpc) is 3.46. The van der Waals surface area contributed by atoms with Crippen LogP contribution >= 0.6 is 35.3 Å². The molecule has 29 heavy (non-hydrogen) atoms. The van der Waals surface area contributed by atoms with Gasteiger partial charge in [0.2, 0.25) is 10.0 Å². The van der Waals surface area contributed by atoms with Crippen LogP contribution in [-0.4, -0.2) is 46.4 Å². The van der Waals surface area contributed by atoms with E-state index in [1.807, 2.05) is 41.4 Å². The third-order valence-electron chi connectivity index (χ3n) is 5.21. The summed E-state index contributed by atoms with van der Waals surface area (Å²) in [6, 6.07) is 11.2. The number of thiocarbonyl (C=S) groups is 1. The summed E-state index contributed by atoms with van der Waals surface area (Å²) in [5.74, 6) is 0.898. The second-order valence-corrected chi connectivity index (χ2v) is 11.6. The SMILES string of the molecule is O=S(=O)(c1ccc2c(NC(=S)Nc3nccs3)cccc2c1)N1CC2CC1CS2. The van der Waals surface area contributed by atoms with Gasteiger partial charge < -0.3 is 10.6 Å². The molecule has 10 heteroatoms. The number of rotatable bonds is 4. The molecule has 2 aromatic carbocycles. The molecule has 0 saturated carbocycles. The molecule has 3 heterocycles. The minimum atomic E-state index is -3.48. The topological polar surface area (TPSA) is 74.3 Å². The van der Waals surface area contributed by atoms with E-state index in [1.165, 1.54) is 11.3 Å². The van der Waals surface area contributed by atoms with Crippen molar-refractivity contribution in [1.29, 1.82) is 0 Å². The number of nitrogens with one attached hydrogen (secondary N) is 2. The lowest BCUT2D eigenvalue weighted by atomic mass is 10.1. The number of benzene rings is 2. The van der Waals surface area contributed by atoms with Crippen LogP contribution < -0.4 is 10.6 Å². The van der Waals surface area contributed by atoms with E-state index in [4.69, 9.17) is 12.2 Å². The van der Waals surface area contributed by atoms with E-state index in [9.17, 15) is 8.42 Å². The summed E-state index contributed by atoms with van der Waals surface area (Å²) in [4.78, 5) is 4.51. The van der Waals surface area contributed by atoms with Gasteiger partial charge >= 0.3 is 0 Å². The van der Waals surface area contributed by atoms with Gasteiger partial charge in [-0.05, 0) is 42.2 Å². The lowest BCUT2D eigenvalue weighted by Crippen LogP contribution is -2.39. The third kappa shape index (κ3) is 3.64. The van der Waals surface area contributed by atoms with Crippen molar-refractivity contribution in [2.75, 3.05) is 22.9 Å². The van der Waals surface area contributed by atoms with Crippen LogP contribution in [0.1, 0.15) is 6.42 Å². The van der Waals surface area contributed by atoms with Crippen LogP contribution in [0, 0.1) is 0 Å². The first kappa shape index (κ1) is 19.3. The molecule has 2 fully saturated rings. The van der Waals surface area contributed by atoms with Crippen LogP contribution in [0.5, 0.6) is 0 Å². The fraction of sp³-hybridized carbons (Fsp3) is 0.263. The second-order valence-electron chi connectivity index (χ2n) is 7.02. The summed E-state index contributed by atoms with van der Waals surface area (Å²) >= 11 is 8.72. The van der Waals surface area contributed by atoms with Crippen LogP contribution in [0.15, 0.2) is 52.9 Å². The standard InChI is InChI=1S/C19H18N4O2S4/c24-29(25,23-10-14-9-13(23)11-28-14)15-4-5-16-12(8-15)2-1-3-17(16)21-18(26)22-19-20-6-7-27-19/h1-8,13-14H,9-11H2,(H2,20,21,22,26). The molecule has 2 unspecified atom stereocenters. The van der Waals surface area contributed by atoms with Gasteiger partial charge in [-0.15, -0.1) is 11.3 Å². The molecule has 2 aliphatic rings. The van der Waals surface area contributed by atoms with Crippen LogP contribution in [0.25, 0.3) is 10.8 Å². The first-order chi connectivity index (χ1) is 14.0. The molecule has 2 aliphatic heterocycles. The van der Waals surface area contributed by atoms with Gasteiger partial charge in [0.25, 0.3) is 0 Å². The highest BCUT2D eigenvalue weighted by Crippen LogP contribution is 2.40. The van der Waals surface area contributed by atoms with E-state index in [0.29, 0.717) is 26.9 Å². The zero-order chi connectivity index (χ0) is 20.0. The van der Waals surface area contributed by atoms with E-state index < -0.39 is 10.0 Å². The van der Waals surface area contributed by atoms with Crippen LogP contribution in [-0.2, 0) is 10.0 Å². The molecular formula is C19H18N4O2S4. The smallest absolute Gasteiger partial charge is 0.243 e. The molecule has 2 N–H and O–H groups in total. The molecule has 0 aliphatic carbocycles. The lowest BCUT2D eigenvalue weighted by molar-refractivity contribution is 0.410. The molecule has 0 spiro atoms. The highest BCUT2D eigenvalue weighted by molar-refractivity contribution is 8.00. The number of sulfonamides is 1. The summed E-state index contributed by atoms with van der Waals surface area (Å²) in [5.41, 5.74) is 0.817. The van der Waals surface area contributed by atoms with Crippen LogP contribution in [0.2, 0.25) is 0 Å². The monoisotopic (exact) mass is 462 g/mol. The Hall–Kier alpha value is -1.72. The van der Waals surface area contributed by atoms with Crippen molar-refractivity contribution < 1.29 is 8.42 Å². The fourth-order valence-electron chi connectivity index (χ4n) is 3.86. The Morgan fingerprint density at radius 1 is 1.24 bits per heavy atom. The van der Waals surface area contributed by atoms with Crippen molar-refractivity contribution in [3.05, 3.63) is 48.0 Å². The molecular weight excluding hydrogens is 445 g/mol. The quantitative estimate of drug-likeness (QED) is 0.568. The van der Waals surface area contributed by atoms with E-state index in [2.05, 4.69) is 15.6 Å². The molecule has 2 saturated heterocycles. The Morgan fingerprint density at radius 3 is 2.86 bits per heavy atom. The summed E-state index contributed by atoms with van der Waals surface area (Å²) in [6.45, 7) is 0.619. The molecule has 1 aromatic heterocycles. The van der Waals surface area contributed by atoms with Gasteiger partial charge in [-0.25, -0.2) is 13.4 Å². The maximum Gasteiger partial charge on any atom is 0.243 e. The Kier molecular flexibility index (Phi) is 4.99. The van der Waals surface area contributed by atoms with Gasteiger partial charge in [0.15, 0.2) is 10.2 Å². The number of hydrogen-bond acceptors (Lipinski definition) is 6. The Morgan fingerprint density at radius 2 is 2.14 bits per heavy atom. The molecule has 150 valence electrons. The predicted molar refractivity (Wildman–Crippen MR) is 124 cm³/mol. The predicted octanol–water partition coefficient (Wildman–Crippen LogP) is 3.98. The highest BCUT2D eigenvalue weighted by atomic mass is 32.2. The Labute approximate surface area is 182 Å². The van der Waals surface area contributed by atoms with E-state index in [1.54, 1.807) is 22.6 Å². The zero-order valence-electron chi connectivity index (χ0n) is 15.2. The number of hydrogen-bond donors (Lipinski definition) is 2. The largest absolute Gasteiger partial charge is 0.332 e. The maximum absolute atomic E-state index is 13.2. The van der Waals surface area contributed by atoms with Gasteiger partial charge in [0, 0.05) is 46.2 Å². The van der Waals surface area contributed by atoms with Crippen molar-refractivity contribution in [2.24, 2.45) is 0 Å². The number of fused-ring (bicyclic) bond motifs is 3. The van der Waals surface area contributed by atoms with Gasteiger partial charge in [0.1, 0.15) is 0 Å². The fourth-order valence-corrected chi connectivity index (χ4v) is 8.01. The molecule has 2 atom stereocenters. The molecule has 2 bridgehead atoms. The average molecular weight is 463 g/mol. The summed E-state index contributed by atoms with van der Waals surface area (Å²) < 4.78 is 28.0. The minimum Gasteiger partial charge on any atom is -0.332 e. The molecule has 0 amide bonds. The minimum absolute atomic E-state index is 0.132. The van der Waals surface area contributed by atoms with Crippen molar-refractivity contribution in [3.8, 4) is 0 Å². The lowest BCUT2D eigenvalue weighted by Gasteiger charge is -2.26. The van der Waals surface area contributed by atoms with Crippen molar-refractivity contribution >= 4 is 72.0 Å². The molecule has 0 radical (unpaired) electrons. The van der Waals surface area contributed by atoms with E-state index in [0.717, 1.165) is 28.6 Å². The molecule has 3 aromatic rings. The number of nitrogens with zero attached hydrogens (tertiary/aromatic N) is 2. The first-order valence-corrected chi connectivity index (χ1v) is 12.9. The normalized spacial score (nSPS) is 21.5.